The van der Waals surface area contributed by atoms with Gasteiger partial charge in [-0.15, -0.1) is 0 Å². The Labute approximate surface area is 145 Å². The van der Waals surface area contributed by atoms with Gasteiger partial charge in [0, 0.05) is 6.08 Å². The maximum absolute atomic E-state index is 11.7. The SMILES string of the molecule is O=C(C=Cc1ccc(O)c(O)c1)OC(C(=O)O)C(O)C(O)C(O)C(=O)O. The van der Waals surface area contributed by atoms with Crippen molar-refractivity contribution in [2.24, 2.45) is 0 Å². The van der Waals surface area contributed by atoms with Crippen molar-refractivity contribution in [3.05, 3.63) is 29.8 Å². The Kier molecular flexibility index (Phi) is 7.07. The van der Waals surface area contributed by atoms with E-state index < -0.39 is 53.8 Å². The van der Waals surface area contributed by atoms with Gasteiger partial charge in [0.15, 0.2) is 17.6 Å². The molecule has 0 saturated heterocycles. The Hall–Kier alpha value is -3.15. The minimum Gasteiger partial charge on any atom is -0.504 e. The summed E-state index contributed by atoms with van der Waals surface area (Å²) >= 11 is 0. The molecule has 0 heterocycles. The number of phenolic OH excluding ortho intramolecular Hbond substituents is 2. The monoisotopic (exact) mass is 372 g/mol. The third-order valence-electron chi connectivity index (χ3n) is 3.13. The molecule has 0 aliphatic rings. The maximum Gasteiger partial charge on any atom is 0.347 e. The number of carbonyl (C=O) groups excluding carboxylic acids is 1. The molecule has 1 rings (SSSR count). The van der Waals surface area contributed by atoms with Gasteiger partial charge >= 0.3 is 17.9 Å². The van der Waals surface area contributed by atoms with Crippen LogP contribution in [0, 0.1) is 0 Å². The van der Waals surface area contributed by atoms with E-state index in [2.05, 4.69) is 4.74 Å². The second-order valence-electron chi connectivity index (χ2n) is 5.04. The Morgan fingerprint density at radius 1 is 0.923 bits per heavy atom. The molecule has 11 heteroatoms. The Balaban J connectivity index is 2.84. The fourth-order valence-corrected chi connectivity index (χ4v) is 1.75. The number of carbonyl (C=O) groups is 3. The summed E-state index contributed by atoms with van der Waals surface area (Å²) in [6.07, 6.45) is -7.89. The molecule has 0 radical (unpaired) electrons. The molecule has 1 aromatic rings. The summed E-state index contributed by atoms with van der Waals surface area (Å²) in [5, 5.41) is 64.2. The summed E-state index contributed by atoms with van der Waals surface area (Å²) in [5.41, 5.74) is 0.242. The highest BCUT2D eigenvalue weighted by Crippen LogP contribution is 2.25. The summed E-state index contributed by atoms with van der Waals surface area (Å²) in [5.74, 6) is -5.95. The van der Waals surface area contributed by atoms with Crippen molar-refractivity contribution in [3.63, 3.8) is 0 Å². The normalized spacial score (nSPS) is 15.8. The number of aliphatic hydroxyl groups excluding tert-OH is 3. The average Bonchev–Trinajstić information content (AvgIpc) is 2.58. The number of phenols is 2. The van der Waals surface area contributed by atoms with Gasteiger partial charge in [0.2, 0.25) is 6.10 Å². The number of ether oxygens (including phenoxy) is 1. The predicted octanol–water partition coefficient (Wildman–Crippen LogP) is -1.73. The molecule has 0 bridgehead atoms. The van der Waals surface area contributed by atoms with E-state index in [9.17, 15) is 29.7 Å². The van der Waals surface area contributed by atoms with Crippen LogP contribution in [0.2, 0.25) is 0 Å². The van der Waals surface area contributed by atoms with Crippen LogP contribution in [0.4, 0.5) is 0 Å². The lowest BCUT2D eigenvalue weighted by Crippen LogP contribution is -2.51. The number of carboxylic acids is 2. The summed E-state index contributed by atoms with van der Waals surface area (Å²) in [7, 11) is 0. The van der Waals surface area contributed by atoms with Crippen molar-refractivity contribution in [2.75, 3.05) is 0 Å². The van der Waals surface area contributed by atoms with Gasteiger partial charge in [-0.05, 0) is 23.8 Å². The van der Waals surface area contributed by atoms with Crippen LogP contribution in [-0.2, 0) is 19.1 Å². The molecule has 0 aromatic heterocycles. The smallest absolute Gasteiger partial charge is 0.347 e. The van der Waals surface area contributed by atoms with Crippen LogP contribution in [0.1, 0.15) is 5.56 Å². The summed E-state index contributed by atoms with van der Waals surface area (Å²) in [4.78, 5) is 33.3. The molecule has 0 spiro atoms. The van der Waals surface area contributed by atoms with E-state index >= 15 is 0 Å². The molecule has 7 N–H and O–H groups in total. The molecular weight excluding hydrogens is 356 g/mol. The standard InChI is InChI=1S/C15H16O11/c16-7-3-1-6(5-8(7)17)2-4-9(18)26-13(15(24)25)11(20)10(19)12(21)14(22)23/h1-5,10-13,16-17,19-21H,(H,22,23)(H,24,25). The Morgan fingerprint density at radius 2 is 1.54 bits per heavy atom. The van der Waals surface area contributed by atoms with Gasteiger partial charge in [-0.1, -0.05) is 6.07 Å². The van der Waals surface area contributed by atoms with E-state index in [0.717, 1.165) is 24.3 Å². The lowest BCUT2D eigenvalue weighted by Gasteiger charge is -2.24. The fraction of sp³-hybridized carbons (Fsp3) is 0.267. The molecule has 4 atom stereocenters. The first-order valence-corrected chi connectivity index (χ1v) is 6.95. The number of aliphatic hydroxyl groups is 3. The van der Waals surface area contributed by atoms with E-state index in [1.807, 2.05) is 0 Å². The van der Waals surface area contributed by atoms with E-state index in [0.29, 0.717) is 0 Å². The molecular formula is C15H16O11. The van der Waals surface area contributed by atoms with Crippen LogP contribution in [0.3, 0.4) is 0 Å². The van der Waals surface area contributed by atoms with E-state index in [1.165, 1.54) is 6.07 Å². The second-order valence-corrected chi connectivity index (χ2v) is 5.04. The topological polar surface area (TPSA) is 202 Å². The Bertz CT molecular complexity index is 712. The van der Waals surface area contributed by atoms with Gasteiger partial charge in [-0.25, -0.2) is 14.4 Å². The third kappa shape index (κ3) is 5.44. The molecule has 1 aromatic carbocycles. The highest BCUT2D eigenvalue weighted by atomic mass is 16.6. The zero-order chi connectivity index (χ0) is 20.0. The zero-order valence-electron chi connectivity index (χ0n) is 13.0. The van der Waals surface area contributed by atoms with Gasteiger partial charge in [-0.3, -0.25) is 0 Å². The van der Waals surface area contributed by atoms with Crippen molar-refractivity contribution < 1.29 is 54.9 Å². The Morgan fingerprint density at radius 3 is 2.04 bits per heavy atom. The molecule has 0 aliphatic heterocycles. The van der Waals surface area contributed by atoms with Gasteiger partial charge in [-0.2, -0.15) is 0 Å². The van der Waals surface area contributed by atoms with Crippen LogP contribution >= 0.6 is 0 Å². The number of hydrogen-bond donors (Lipinski definition) is 7. The molecule has 0 amide bonds. The number of hydrogen-bond acceptors (Lipinski definition) is 9. The minimum atomic E-state index is -2.50. The lowest BCUT2D eigenvalue weighted by atomic mass is 10.0. The van der Waals surface area contributed by atoms with E-state index in [1.54, 1.807) is 0 Å². The van der Waals surface area contributed by atoms with E-state index in [-0.39, 0.29) is 5.56 Å². The van der Waals surface area contributed by atoms with Crippen molar-refractivity contribution >= 4 is 24.0 Å². The number of aliphatic carboxylic acids is 2. The molecule has 0 aliphatic carbocycles. The van der Waals surface area contributed by atoms with E-state index in [4.69, 9.17) is 20.4 Å². The van der Waals surface area contributed by atoms with Gasteiger partial charge < -0.3 is 40.5 Å². The first kappa shape index (κ1) is 20.9. The average molecular weight is 372 g/mol. The number of carboxylic acid groups (broad SMARTS) is 2. The molecule has 26 heavy (non-hydrogen) atoms. The number of esters is 1. The van der Waals surface area contributed by atoms with Crippen molar-refractivity contribution in [2.45, 2.75) is 24.4 Å². The predicted molar refractivity (Wildman–Crippen MR) is 82.0 cm³/mol. The summed E-state index contributed by atoms with van der Waals surface area (Å²) < 4.78 is 4.45. The first-order valence-electron chi connectivity index (χ1n) is 6.95. The van der Waals surface area contributed by atoms with Crippen molar-refractivity contribution in [3.8, 4) is 11.5 Å². The van der Waals surface area contributed by atoms with Gasteiger partial charge in [0.25, 0.3) is 0 Å². The molecule has 0 saturated carbocycles. The van der Waals surface area contributed by atoms with Crippen LogP contribution in [-0.4, -0.2) is 78.1 Å². The van der Waals surface area contributed by atoms with Crippen LogP contribution in [0.5, 0.6) is 11.5 Å². The lowest BCUT2D eigenvalue weighted by molar-refractivity contribution is -0.182. The molecule has 0 fully saturated rings. The van der Waals surface area contributed by atoms with Crippen LogP contribution < -0.4 is 0 Å². The first-order chi connectivity index (χ1) is 12.0. The number of aromatic hydroxyl groups is 2. The molecule has 4 unspecified atom stereocenters. The zero-order valence-corrected chi connectivity index (χ0v) is 13.0. The number of rotatable bonds is 8. The molecule has 142 valence electrons. The molecule has 11 nitrogen and oxygen atoms in total. The van der Waals surface area contributed by atoms with Crippen LogP contribution in [0.15, 0.2) is 24.3 Å². The number of benzene rings is 1. The highest BCUT2D eigenvalue weighted by molar-refractivity contribution is 5.89. The third-order valence-corrected chi connectivity index (χ3v) is 3.13. The quantitative estimate of drug-likeness (QED) is 0.155. The summed E-state index contributed by atoms with van der Waals surface area (Å²) in [6.45, 7) is 0. The van der Waals surface area contributed by atoms with Gasteiger partial charge in [0.05, 0.1) is 0 Å². The van der Waals surface area contributed by atoms with Crippen molar-refractivity contribution in [1.82, 2.24) is 0 Å². The largest absolute Gasteiger partial charge is 0.504 e. The fourth-order valence-electron chi connectivity index (χ4n) is 1.75. The minimum absolute atomic E-state index is 0.242. The summed E-state index contributed by atoms with van der Waals surface area (Å²) in [6, 6.07) is 3.54. The van der Waals surface area contributed by atoms with Crippen LogP contribution in [0.25, 0.3) is 6.08 Å². The van der Waals surface area contributed by atoms with Gasteiger partial charge in [0.1, 0.15) is 12.2 Å². The maximum atomic E-state index is 11.7. The second kappa shape index (κ2) is 8.80. The highest BCUT2D eigenvalue weighted by Gasteiger charge is 2.40. The van der Waals surface area contributed by atoms with Crippen molar-refractivity contribution in [1.29, 1.82) is 0 Å².